The molecule has 0 aliphatic carbocycles. The number of carbonyl (C=O) groups excluding carboxylic acids is 1. The molecule has 148 valence electrons. The SMILES string of the molecule is COc1ccc2c(CC(=O)N3CCN(c4ncnc5sccc45)CC3)coc2c1. The highest BCUT2D eigenvalue weighted by molar-refractivity contribution is 7.16. The molecule has 1 fully saturated rings. The zero-order valence-corrected chi connectivity index (χ0v) is 16.8. The third-order valence-electron chi connectivity index (χ3n) is 5.38. The number of anilines is 1. The Balaban J connectivity index is 1.26. The average molecular weight is 408 g/mol. The van der Waals surface area contributed by atoms with Gasteiger partial charge in [0, 0.05) is 43.2 Å². The number of fused-ring (bicyclic) bond motifs is 2. The van der Waals surface area contributed by atoms with Gasteiger partial charge in [-0.05, 0) is 23.6 Å². The number of hydrogen-bond donors (Lipinski definition) is 0. The van der Waals surface area contributed by atoms with Crippen LogP contribution < -0.4 is 9.64 Å². The Morgan fingerprint density at radius 1 is 1.17 bits per heavy atom. The first-order valence-electron chi connectivity index (χ1n) is 9.48. The fourth-order valence-corrected chi connectivity index (χ4v) is 4.53. The first kappa shape index (κ1) is 17.9. The molecule has 7 nitrogen and oxygen atoms in total. The molecule has 3 aromatic heterocycles. The van der Waals surface area contributed by atoms with Gasteiger partial charge in [-0.3, -0.25) is 4.79 Å². The first-order chi connectivity index (χ1) is 14.2. The van der Waals surface area contributed by atoms with E-state index in [0.29, 0.717) is 19.5 Å². The zero-order chi connectivity index (χ0) is 19.8. The van der Waals surface area contributed by atoms with Crippen LogP contribution in [0.2, 0.25) is 0 Å². The topological polar surface area (TPSA) is 71.7 Å². The molecule has 0 radical (unpaired) electrons. The second kappa shape index (κ2) is 7.36. The summed E-state index contributed by atoms with van der Waals surface area (Å²) < 4.78 is 10.8. The highest BCUT2D eigenvalue weighted by atomic mass is 32.1. The zero-order valence-electron chi connectivity index (χ0n) is 16.0. The van der Waals surface area contributed by atoms with Crippen molar-refractivity contribution in [3.05, 3.63) is 47.8 Å². The Kier molecular flexibility index (Phi) is 4.55. The van der Waals surface area contributed by atoms with Crippen molar-refractivity contribution in [3.63, 3.8) is 0 Å². The molecule has 5 rings (SSSR count). The van der Waals surface area contributed by atoms with E-state index in [0.717, 1.165) is 51.4 Å². The van der Waals surface area contributed by atoms with Gasteiger partial charge in [-0.1, -0.05) is 0 Å². The van der Waals surface area contributed by atoms with Gasteiger partial charge in [0.25, 0.3) is 0 Å². The van der Waals surface area contributed by atoms with Gasteiger partial charge in [-0.15, -0.1) is 11.3 Å². The number of furan rings is 1. The second-order valence-electron chi connectivity index (χ2n) is 7.00. The van der Waals surface area contributed by atoms with Gasteiger partial charge in [-0.25, -0.2) is 9.97 Å². The normalized spacial score (nSPS) is 14.7. The van der Waals surface area contributed by atoms with Crippen molar-refractivity contribution in [2.45, 2.75) is 6.42 Å². The number of aromatic nitrogens is 2. The Labute approximate surface area is 171 Å². The van der Waals surface area contributed by atoms with Crippen LogP contribution in [0.1, 0.15) is 5.56 Å². The summed E-state index contributed by atoms with van der Waals surface area (Å²) in [6.07, 6.45) is 3.62. The predicted octanol–water partition coefficient (Wildman–Crippen LogP) is 3.34. The molecule has 8 heteroatoms. The van der Waals surface area contributed by atoms with Crippen LogP contribution in [0.3, 0.4) is 0 Å². The van der Waals surface area contributed by atoms with Crippen LogP contribution in [-0.2, 0) is 11.2 Å². The van der Waals surface area contributed by atoms with Crippen molar-refractivity contribution >= 4 is 44.2 Å². The highest BCUT2D eigenvalue weighted by Crippen LogP contribution is 2.28. The summed E-state index contributed by atoms with van der Waals surface area (Å²) in [5, 5.41) is 4.07. The van der Waals surface area contributed by atoms with Crippen LogP contribution in [0.15, 0.2) is 46.7 Å². The molecular formula is C21H20N4O3S. The summed E-state index contributed by atoms with van der Waals surface area (Å²) in [5.74, 6) is 1.81. The highest BCUT2D eigenvalue weighted by Gasteiger charge is 2.24. The number of thiophene rings is 1. The van der Waals surface area contributed by atoms with E-state index < -0.39 is 0 Å². The molecule has 1 aliphatic rings. The number of nitrogens with zero attached hydrogens (tertiary/aromatic N) is 4. The van der Waals surface area contributed by atoms with Gasteiger partial charge < -0.3 is 19.0 Å². The van der Waals surface area contributed by atoms with Gasteiger partial charge >= 0.3 is 0 Å². The van der Waals surface area contributed by atoms with E-state index in [4.69, 9.17) is 9.15 Å². The number of ether oxygens (including phenoxy) is 1. The van der Waals surface area contributed by atoms with Crippen LogP contribution >= 0.6 is 11.3 Å². The Hall–Kier alpha value is -3.13. The van der Waals surface area contributed by atoms with Gasteiger partial charge in [0.2, 0.25) is 5.91 Å². The maximum Gasteiger partial charge on any atom is 0.227 e. The largest absolute Gasteiger partial charge is 0.497 e. The lowest BCUT2D eigenvalue weighted by Crippen LogP contribution is -2.49. The molecule has 0 spiro atoms. The Morgan fingerprint density at radius 3 is 2.86 bits per heavy atom. The Morgan fingerprint density at radius 2 is 2.03 bits per heavy atom. The van der Waals surface area contributed by atoms with Crippen molar-refractivity contribution in [1.82, 2.24) is 14.9 Å². The summed E-state index contributed by atoms with van der Waals surface area (Å²) in [6.45, 7) is 2.88. The molecule has 0 N–H and O–H groups in total. The third kappa shape index (κ3) is 3.29. The summed E-state index contributed by atoms with van der Waals surface area (Å²) >= 11 is 1.62. The van der Waals surface area contributed by atoms with Crippen LogP contribution in [0.25, 0.3) is 21.2 Å². The van der Waals surface area contributed by atoms with E-state index in [1.165, 1.54) is 0 Å². The van der Waals surface area contributed by atoms with E-state index >= 15 is 0 Å². The number of hydrogen-bond acceptors (Lipinski definition) is 7. The lowest BCUT2D eigenvalue weighted by Gasteiger charge is -2.35. The Bertz CT molecular complexity index is 1180. The fourth-order valence-electron chi connectivity index (χ4n) is 3.80. The number of rotatable bonds is 4. The number of amides is 1. The summed E-state index contributed by atoms with van der Waals surface area (Å²) in [6, 6.07) is 7.73. The molecule has 4 heterocycles. The first-order valence-corrected chi connectivity index (χ1v) is 10.4. The van der Waals surface area contributed by atoms with Gasteiger partial charge in [0.15, 0.2) is 0 Å². The lowest BCUT2D eigenvalue weighted by molar-refractivity contribution is -0.130. The van der Waals surface area contributed by atoms with E-state index in [-0.39, 0.29) is 5.91 Å². The molecular weight excluding hydrogens is 388 g/mol. The van der Waals surface area contributed by atoms with Crippen molar-refractivity contribution in [2.75, 3.05) is 38.2 Å². The third-order valence-corrected chi connectivity index (χ3v) is 6.20. The minimum Gasteiger partial charge on any atom is -0.497 e. The second-order valence-corrected chi connectivity index (χ2v) is 7.90. The summed E-state index contributed by atoms with van der Waals surface area (Å²) in [5.41, 5.74) is 1.64. The minimum absolute atomic E-state index is 0.117. The van der Waals surface area contributed by atoms with Crippen molar-refractivity contribution in [3.8, 4) is 5.75 Å². The summed E-state index contributed by atoms with van der Waals surface area (Å²) in [4.78, 5) is 26.8. The minimum atomic E-state index is 0.117. The standard InChI is InChI=1S/C21H20N4O3S/c1-27-15-2-3-16-14(12-28-18(16)11-15)10-19(26)24-5-7-25(8-6-24)20-17-4-9-29-21(17)23-13-22-20/h2-4,9,11-13H,5-8,10H2,1H3. The van der Waals surface area contributed by atoms with Crippen LogP contribution in [0.5, 0.6) is 5.75 Å². The van der Waals surface area contributed by atoms with Crippen molar-refractivity contribution in [1.29, 1.82) is 0 Å². The molecule has 0 saturated carbocycles. The number of piperazine rings is 1. The van der Waals surface area contributed by atoms with E-state index in [1.54, 1.807) is 31.0 Å². The maximum absolute atomic E-state index is 12.9. The molecule has 29 heavy (non-hydrogen) atoms. The molecule has 0 atom stereocenters. The van der Waals surface area contributed by atoms with E-state index in [1.807, 2.05) is 28.5 Å². The average Bonchev–Trinajstić information content (AvgIpc) is 3.40. The van der Waals surface area contributed by atoms with Crippen LogP contribution in [-0.4, -0.2) is 54.1 Å². The number of methoxy groups -OCH3 is 1. The quantitative estimate of drug-likeness (QED) is 0.516. The fraction of sp³-hybridized carbons (Fsp3) is 0.286. The van der Waals surface area contributed by atoms with Crippen LogP contribution in [0, 0.1) is 0 Å². The number of benzene rings is 1. The van der Waals surface area contributed by atoms with E-state index in [2.05, 4.69) is 20.9 Å². The van der Waals surface area contributed by atoms with Crippen molar-refractivity contribution in [2.24, 2.45) is 0 Å². The molecule has 0 bridgehead atoms. The predicted molar refractivity (Wildman–Crippen MR) is 113 cm³/mol. The smallest absolute Gasteiger partial charge is 0.227 e. The van der Waals surface area contributed by atoms with Crippen molar-refractivity contribution < 1.29 is 13.9 Å². The van der Waals surface area contributed by atoms with E-state index in [9.17, 15) is 4.79 Å². The molecule has 1 aliphatic heterocycles. The van der Waals surface area contributed by atoms with Gasteiger partial charge in [-0.2, -0.15) is 0 Å². The lowest BCUT2D eigenvalue weighted by atomic mass is 10.1. The molecule has 1 aromatic carbocycles. The molecule has 1 amide bonds. The van der Waals surface area contributed by atoms with Crippen LogP contribution in [0.4, 0.5) is 5.82 Å². The van der Waals surface area contributed by atoms with Gasteiger partial charge in [0.05, 0.1) is 25.2 Å². The molecule has 4 aromatic rings. The molecule has 0 unspecified atom stereocenters. The van der Waals surface area contributed by atoms with Gasteiger partial charge in [0.1, 0.15) is 28.3 Å². The monoisotopic (exact) mass is 408 g/mol. The summed E-state index contributed by atoms with van der Waals surface area (Å²) in [7, 11) is 1.62. The molecule has 1 saturated heterocycles. The number of carbonyl (C=O) groups is 1. The maximum atomic E-state index is 12.9.